The largest absolute Gasteiger partial charge is 0.397 e. The first-order valence-corrected chi connectivity index (χ1v) is 4.41. The van der Waals surface area contributed by atoms with Crippen molar-refractivity contribution in [2.45, 2.75) is 6.92 Å². The van der Waals surface area contributed by atoms with Crippen molar-refractivity contribution < 1.29 is 0 Å². The molecule has 1 aromatic carbocycles. The lowest BCUT2D eigenvalue weighted by Crippen LogP contribution is -1.94. The molecule has 0 saturated heterocycles. The monoisotopic (exact) mass is 287 g/mol. The number of fused-ring (bicyclic) bond motifs is 1. The molecule has 0 atom stereocenters. The van der Waals surface area contributed by atoms with Crippen molar-refractivity contribution in [3.05, 3.63) is 17.1 Å². The maximum atomic E-state index is 5.75. The molecule has 0 aliphatic heterocycles. The smallest absolute Gasteiger partial charge is 0.107 e. The van der Waals surface area contributed by atoms with E-state index in [0.717, 1.165) is 15.2 Å². The van der Waals surface area contributed by atoms with Crippen molar-refractivity contribution in [1.82, 2.24) is 4.98 Å². The number of hydrogen-bond acceptors (Lipinski definition) is 4. The predicted molar refractivity (Wildman–Crippen MR) is 74.9 cm³/mol. The molecule has 0 amide bonds. The lowest BCUT2D eigenvalue weighted by Gasteiger charge is -1.98. The number of thiazole rings is 1. The Morgan fingerprint density at radius 3 is 2.33 bits per heavy atom. The normalized spacial score (nSPS) is 8.60. The molecule has 2 rings (SSSR count). The number of anilines is 2. The minimum atomic E-state index is 0. The van der Waals surface area contributed by atoms with Gasteiger partial charge in [-0.3, -0.25) is 0 Å². The number of hydrogen-bond donors (Lipinski definition) is 2. The molecule has 86 valence electrons. The Morgan fingerprint density at radius 2 is 1.73 bits per heavy atom. The van der Waals surface area contributed by atoms with Crippen LogP contribution >= 0.6 is 48.6 Å². The molecule has 0 saturated carbocycles. The fraction of sp³-hybridized carbons (Fsp3) is 0.125. The minimum absolute atomic E-state index is 0. The number of nitrogens with zero attached hydrogens (tertiary/aromatic N) is 1. The zero-order valence-electron chi connectivity index (χ0n) is 7.89. The van der Waals surface area contributed by atoms with E-state index < -0.39 is 0 Å². The molecule has 1 heterocycles. The number of benzene rings is 1. The molecule has 0 unspecified atom stereocenters. The second-order valence-electron chi connectivity index (χ2n) is 2.65. The van der Waals surface area contributed by atoms with Gasteiger partial charge in [-0.25, -0.2) is 4.98 Å². The predicted octanol–water partition coefficient (Wildman–Crippen LogP) is 3.03. The number of halogens is 3. The van der Waals surface area contributed by atoms with Crippen molar-refractivity contribution in [3.8, 4) is 0 Å². The molecule has 3 nitrogen and oxygen atoms in total. The van der Waals surface area contributed by atoms with Gasteiger partial charge < -0.3 is 11.5 Å². The Hall–Kier alpha value is -0.420. The van der Waals surface area contributed by atoms with E-state index in [2.05, 4.69) is 4.98 Å². The molecule has 15 heavy (non-hydrogen) atoms. The van der Waals surface area contributed by atoms with Gasteiger partial charge in [0.15, 0.2) is 0 Å². The van der Waals surface area contributed by atoms with Gasteiger partial charge in [0.1, 0.15) is 5.52 Å². The van der Waals surface area contributed by atoms with Crippen LogP contribution in [0.25, 0.3) is 10.2 Å². The second-order valence-corrected chi connectivity index (χ2v) is 3.88. The van der Waals surface area contributed by atoms with Gasteiger partial charge in [0.05, 0.1) is 21.1 Å². The summed E-state index contributed by atoms with van der Waals surface area (Å²) in [6.45, 7) is 1.96. The summed E-state index contributed by atoms with van der Waals surface area (Å²) in [5, 5.41) is 1.02. The maximum absolute atomic E-state index is 5.75. The molecular formula is C8H12Cl3N3S. The van der Waals surface area contributed by atoms with Gasteiger partial charge in [0.25, 0.3) is 0 Å². The summed E-state index contributed by atoms with van der Waals surface area (Å²) >= 11 is 1.63. The number of aromatic nitrogens is 1. The molecule has 4 N–H and O–H groups in total. The summed E-state index contributed by atoms with van der Waals surface area (Å²) in [4.78, 5) is 4.29. The summed E-state index contributed by atoms with van der Waals surface area (Å²) in [5.41, 5.74) is 13.4. The quantitative estimate of drug-likeness (QED) is 0.732. The zero-order chi connectivity index (χ0) is 8.72. The zero-order valence-corrected chi connectivity index (χ0v) is 11.2. The van der Waals surface area contributed by atoms with Crippen LogP contribution in [0.15, 0.2) is 12.1 Å². The molecular weight excluding hydrogens is 277 g/mol. The van der Waals surface area contributed by atoms with Crippen molar-refractivity contribution in [2.24, 2.45) is 0 Å². The Balaban J connectivity index is 0. The molecule has 0 aliphatic carbocycles. The summed E-state index contributed by atoms with van der Waals surface area (Å²) in [7, 11) is 0. The lowest BCUT2D eigenvalue weighted by molar-refractivity contribution is 1.35. The van der Waals surface area contributed by atoms with Crippen molar-refractivity contribution in [1.29, 1.82) is 0 Å². The van der Waals surface area contributed by atoms with E-state index in [0.29, 0.717) is 11.4 Å². The summed E-state index contributed by atoms with van der Waals surface area (Å²) in [6, 6.07) is 3.76. The first-order chi connectivity index (χ1) is 5.68. The molecule has 2 aromatic rings. The Bertz CT molecular complexity index is 444. The van der Waals surface area contributed by atoms with Crippen LogP contribution in [-0.2, 0) is 0 Å². The van der Waals surface area contributed by atoms with Crippen molar-refractivity contribution in [2.75, 3.05) is 11.5 Å². The highest BCUT2D eigenvalue weighted by atomic mass is 35.5. The van der Waals surface area contributed by atoms with Crippen LogP contribution in [0, 0.1) is 6.92 Å². The van der Waals surface area contributed by atoms with E-state index in [4.69, 9.17) is 11.5 Å². The lowest BCUT2D eigenvalue weighted by atomic mass is 10.2. The van der Waals surface area contributed by atoms with E-state index in [1.165, 1.54) is 0 Å². The van der Waals surface area contributed by atoms with Gasteiger partial charge in [0, 0.05) is 0 Å². The second kappa shape index (κ2) is 6.23. The van der Waals surface area contributed by atoms with Crippen LogP contribution < -0.4 is 11.5 Å². The van der Waals surface area contributed by atoms with Crippen LogP contribution in [0.4, 0.5) is 11.4 Å². The van der Waals surface area contributed by atoms with Gasteiger partial charge in [-0.1, -0.05) is 0 Å². The third-order valence-electron chi connectivity index (χ3n) is 1.74. The minimum Gasteiger partial charge on any atom is -0.397 e. The molecule has 0 fully saturated rings. The van der Waals surface area contributed by atoms with E-state index in [9.17, 15) is 0 Å². The Labute approximate surface area is 110 Å². The highest BCUT2D eigenvalue weighted by Gasteiger charge is 2.05. The van der Waals surface area contributed by atoms with E-state index in [-0.39, 0.29) is 37.2 Å². The Morgan fingerprint density at radius 1 is 1.13 bits per heavy atom. The summed E-state index contributed by atoms with van der Waals surface area (Å²) < 4.78 is 1.10. The van der Waals surface area contributed by atoms with Crippen LogP contribution in [0.5, 0.6) is 0 Å². The summed E-state index contributed by atoms with van der Waals surface area (Å²) in [5.74, 6) is 0. The standard InChI is InChI=1S/C8H9N3S.3ClH/c1-4-11-8-6(12-4)3-2-5(9)7(8)10;;;/h2-3H,9-10H2,1H3;3*1H. The third kappa shape index (κ3) is 3.01. The summed E-state index contributed by atoms with van der Waals surface area (Å²) in [6.07, 6.45) is 0. The van der Waals surface area contributed by atoms with Crippen molar-refractivity contribution >= 4 is 70.1 Å². The van der Waals surface area contributed by atoms with E-state index in [1.807, 2.05) is 19.1 Å². The van der Waals surface area contributed by atoms with Gasteiger partial charge >= 0.3 is 0 Å². The third-order valence-corrected chi connectivity index (χ3v) is 2.68. The average Bonchev–Trinajstić information content (AvgIpc) is 2.39. The molecule has 0 bridgehead atoms. The molecule has 1 aromatic heterocycles. The topological polar surface area (TPSA) is 64.9 Å². The SMILES string of the molecule is Cc1nc2c(N)c(N)ccc2s1.Cl.Cl.Cl. The fourth-order valence-electron chi connectivity index (χ4n) is 1.14. The number of nitrogens with two attached hydrogens (primary N) is 2. The fourth-order valence-corrected chi connectivity index (χ4v) is 1.98. The van der Waals surface area contributed by atoms with Crippen LogP contribution in [-0.4, -0.2) is 4.98 Å². The van der Waals surface area contributed by atoms with Gasteiger partial charge in [-0.2, -0.15) is 0 Å². The number of nitrogen functional groups attached to an aromatic ring is 2. The Kier molecular flexibility index (Phi) is 7.05. The highest BCUT2D eigenvalue weighted by Crippen LogP contribution is 2.29. The van der Waals surface area contributed by atoms with Crippen molar-refractivity contribution in [3.63, 3.8) is 0 Å². The highest BCUT2D eigenvalue weighted by molar-refractivity contribution is 7.18. The molecule has 7 heteroatoms. The van der Waals surface area contributed by atoms with Gasteiger partial charge in [-0.05, 0) is 19.1 Å². The van der Waals surface area contributed by atoms with Crippen LogP contribution in [0.2, 0.25) is 0 Å². The molecule has 0 aliphatic rings. The molecule has 0 radical (unpaired) electrons. The molecule has 0 spiro atoms. The van der Waals surface area contributed by atoms with Crippen LogP contribution in [0.1, 0.15) is 5.01 Å². The first kappa shape index (κ1) is 17.0. The van der Waals surface area contributed by atoms with Gasteiger partial charge in [-0.15, -0.1) is 48.6 Å². The maximum Gasteiger partial charge on any atom is 0.107 e. The van der Waals surface area contributed by atoms with E-state index >= 15 is 0 Å². The van der Waals surface area contributed by atoms with Gasteiger partial charge in [0.2, 0.25) is 0 Å². The average molecular weight is 289 g/mol. The first-order valence-electron chi connectivity index (χ1n) is 3.59. The van der Waals surface area contributed by atoms with E-state index in [1.54, 1.807) is 11.3 Å². The number of rotatable bonds is 0. The van der Waals surface area contributed by atoms with Crippen LogP contribution in [0.3, 0.4) is 0 Å². The number of aryl methyl sites for hydroxylation is 1.